The van der Waals surface area contributed by atoms with E-state index in [1.54, 1.807) is 32.3 Å². The lowest BCUT2D eigenvalue weighted by Crippen LogP contribution is -2.29. The van der Waals surface area contributed by atoms with E-state index in [4.69, 9.17) is 4.52 Å². The highest BCUT2D eigenvalue weighted by atomic mass is 32.2. The topological polar surface area (TPSA) is 114 Å². The van der Waals surface area contributed by atoms with E-state index in [0.717, 1.165) is 17.1 Å². The molecule has 10 heteroatoms. The first kappa shape index (κ1) is 19.5. The van der Waals surface area contributed by atoms with Crippen molar-refractivity contribution in [3.63, 3.8) is 0 Å². The molecule has 0 spiro atoms. The smallest absolute Gasteiger partial charge is 0.248 e. The van der Waals surface area contributed by atoms with E-state index >= 15 is 0 Å². The van der Waals surface area contributed by atoms with Crippen molar-refractivity contribution in [1.82, 2.24) is 24.4 Å². The molecule has 1 saturated heterocycles. The Morgan fingerprint density at radius 2 is 1.93 bits per heavy atom. The van der Waals surface area contributed by atoms with Crippen LogP contribution in [0.25, 0.3) is 0 Å². The van der Waals surface area contributed by atoms with Crippen LogP contribution in [-0.2, 0) is 10.0 Å². The van der Waals surface area contributed by atoms with Crippen LogP contribution in [0.5, 0.6) is 0 Å². The van der Waals surface area contributed by atoms with Crippen LogP contribution >= 0.6 is 0 Å². The molecule has 3 aromatic rings. The Morgan fingerprint density at radius 3 is 2.62 bits per heavy atom. The second kappa shape index (κ2) is 7.53. The molecule has 0 bridgehead atoms. The van der Waals surface area contributed by atoms with Crippen LogP contribution in [0.4, 0.5) is 11.6 Å². The summed E-state index contributed by atoms with van der Waals surface area (Å²) < 4.78 is 32.7. The minimum absolute atomic E-state index is 0.00221. The predicted molar refractivity (Wildman–Crippen MR) is 106 cm³/mol. The molecule has 0 aliphatic carbocycles. The number of aryl methyl sites for hydroxylation is 3. The maximum atomic E-state index is 13.1. The molecule has 0 saturated carbocycles. The number of anilines is 2. The molecule has 0 aromatic carbocycles. The highest BCUT2D eigenvalue weighted by Crippen LogP contribution is 2.33. The third-order valence-corrected chi connectivity index (χ3v) is 7.04. The molecule has 1 fully saturated rings. The van der Waals surface area contributed by atoms with Crippen LogP contribution in [0.1, 0.15) is 35.2 Å². The first-order valence-electron chi connectivity index (χ1n) is 9.30. The molecule has 0 unspecified atom stereocenters. The van der Waals surface area contributed by atoms with Crippen molar-refractivity contribution in [3.05, 3.63) is 53.4 Å². The van der Waals surface area contributed by atoms with Gasteiger partial charge in [0.1, 0.15) is 10.6 Å². The second-order valence-corrected chi connectivity index (χ2v) is 9.00. The number of hydrogen-bond acceptors (Lipinski definition) is 8. The number of nitrogens with zero attached hydrogens (tertiary/aromatic N) is 5. The zero-order valence-electron chi connectivity index (χ0n) is 16.5. The van der Waals surface area contributed by atoms with Crippen molar-refractivity contribution in [3.8, 4) is 0 Å². The summed E-state index contributed by atoms with van der Waals surface area (Å²) in [6, 6.07) is 5.59. The summed E-state index contributed by atoms with van der Waals surface area (Å²) in [5.74, 6) is 0.814. The summed E-state index contributed by atoms with van der Waals surface area (Å²) in [5.41, 5.74) is 2.90. The molecule has 9 nitrogen and oxygen atoms in total. The lowest BCUT2D eigenvalue weighted by Gasteiger charge is -2.17. The number of nitrogens with one attached hydrogen (secondary N) is 1. The molecule has 1 atom stereocenters. The van der Waals surface area contributed by atoms with Gasteiger partial charge in [-0.05, 0) is 45.4 Å². The monoisotopic (exact) mass is 414 g/mol. The fraction of sp³-hybridized carbons (Fsp3) is 0.368. The molecule has 4 rings (SSSR count). The van der Waals surface area contributed by atoms with Gasteiger partial charge in [-0.2, -0.15) is 4.31 Å². The quantitative estimate of drug-likeness (QED) is 0.678. The van der Waals surface area contributed by atoms with E-state index in [-0.39, 0.29) is 10.8 Å². The maximum Gasteiger partial charge on any atom is 0.248 e. The summed E-state index contributed by atoms with van der Waals surface area (Å²) in [6.07, 6.45) is 4.03. The molecule has 152 valence electrons. The number of aromatic nitrogens is 4. The average molecular weight is 414 g/mol. The van der Waals surface area contributed by atoms with Crippen LogP contribution in [0.3, 0.4) is 0 Å². The molecular formula is C19H22N6O3S. The zero-order chi connectivity index (χ0) is 20.6. The Morgan fingerprint density at radius 1 is 1.17 bits per heavy atom. The SMILES string of the molecule is Cc1cc(Nc2ncccn2)cc([C@H]2CCN(S(=O)(=O)c3c(C)noc3C)C2)n1. The van der Waals surface area contributed by atoms with Gasteiger partial charge in [0.05, 0.1) is 0 Å². The fourth-order valence-corrected chi connectivity index (χ4v) is 5.42. The lowest BCUT2D eigenvalue weighted by atomic mass is 10.0. The summed E-state index contributed by atoms with van der Waals surface area (Å²) >= 11 is 0. The van der Waals surface area contributed by atoms with Gasteiger partial charge in [-0.1, -0.05) is 5.16 Å². The van der Waals surface area contributed by atoms with Crippen molar-refractivity contribution in [1.29, 1.82) is 0 Å². The van der Waals surface area contributed by atoms with Gasteiger partial charge in [-0.3, -0.25) is 4.98 Å². The van der Waals surface area contributed by atoms with E-state index < -0.39 is 10.0 Å². The minimum Gasteiger partial charge on any atom is -0.360 e. The van der Waals surface area contributed by atoms with E-state index in [1.807, 2.05) is 19.1 Å². The van der Waals surface area contributed by atoms with Gasteiger partial charge in [0.2, 0.25) is 16.0 Å². The minimum atomic E-state index is -3.65. The van der Waals surface area contributed by atoms with Crippen LogP contribution < -0.4 is 5.32 Å². The average Bonchev–Trinajstić information content (AvgIpc) is 3.30. The van der Waals surface area contributed by atoms with Gasteiger partial charge in [0, 0.05) is 48.5 Å². The van der Waals surface area contributed by atoms with Crippen molar-refractivity contribution < 1.29 is 12.9 Å². The van der Waals surface area contributed by atoms with Gasteiger partial charge >= 0.3 is 0 Å². The molecule has 3 aromatic heterocycles. The standard InChI is InChI=1S/C19H22N6O3S/c1-12-9-16(23-19-20-6-4-7-21-19)10-17(22-12)15-5-8-25(11-15)29(26,27)18-13(2)24-28-14(18)3/h4,6-7,9-10,15H,5,8,11H2,1-3H3,(H,20,21,22,23)/t15-/m0/s1. The molecule has 1 N–H and O–H groups in total. The molecule has 1 aliphatic rings. The summed E-state index contributed by atoms with van der Waals surface area (Å²) in [7, 11) is -3.65. The van der Waals surface area contributed by atoms with Crippen molar-refractivity contribution in [2.24, 2.45) is 0 Å². The second-order valence-electron chi connectivity index (χ2n) is 7.12. The van der Waals surface area contributed by atoms with Crippen molar-refractivity contribution in [2.75, 3.05) is 18.4 Å². The number of rotatable bonds is 5. The number of pyridine rings is 1. The van der Waals surface area contributed by atoms with Gasteiger partial charge in [0.25, 0.3) is 0 Å². The Kier molecular flexibility index (Phi) is 5.05. The van der Waals surface area contributed by atoms with Crippen molar-refractivity contribution >= 4 is 21.7 Å². The Labute approximate surface area is 169 Å². The zero-order valence-corrected chi connectivity index (χ0v) is 17.3. The normalized spacial score (nSPS) is 17.6. The van der Waals surface area contributed by atoms with Gasteiger partial charge in [-0.15, -0.1) is 0 Å². The molecule has 4 heterocycles. The van der Waals surface area contributed by atoms with Gasteiger partial charge < -0.3 is 9.84 Å². The Bertz CT molecular complexity index is 1110. The number of hydrogen-bond donors (Lipinski definition) is 1. The molecule has 1 aliphatic heterocycles. The van der Waals surface area contributed by atoms with Gasteiger partial charge in [0.15, 0.2) is 5.76 Å². The van der Waals surface area contributed by atoms with Crippen molar-refractivity contribution in [2.45, 2.75) is 38.0 Å². The Balaban J connectivity index is 1.56. The molecule has 29 heavy (non-hydrogen) atoms. The Hall–Kier alpha value is -2.85. The fourth-order valence-electron chi connectivity index (χ4n) is 3.63. The van der Waals surface area contributed by atoms with Crippen LogP contribution in [0.15, 0.2) is 40.0 Å². The van der Waals surface area contributed by atoms with E-state index in [0.29, 0.717) is 36.9 Å². The maximum absolute atomic E-state index is 13.1. The highest BCUT2D eigenvalue weighted by Gasteiger charge is 2.37. The van der Waals surface area contributed by atoms with Crippen LogP contribution in [0.2, 0.25) is 0 Å². The highest BCUT2D eigenvalue weighted by molar-refractivity contribution is 7.89. The van der Waals surface area contributed by atoms with E-state index in [9.17, 15) is 8.42 Å². The molecular weight excluding hydrogens is 392 g/mol. The van der Waals surface area contributed by atoms with Crippen LogP contribution in [-0.4, -0.2) is 45.9 Å². The predicted octanol–water partition coefficient (Wildman–Crippen LogP) is 2.71. The first-order chi connectivity index (χ1) is 13.8. The van der Waals surface area contributed by atoms with Gasteiger partial charge in [-0.25, -0.2) is 18.4 Å². The van der Waals surface area contributed by atoms with E-state index in [1.165, 1.54) is 4.31 Å². The van der Waals surface area contributed by atoms with E-state index in [2.05, 4.69) is 25.4 Å². The lowest BCUT2D eigenvalue weighted by molar-refractivity contribution is 0.389. The summed E-state index contributed by atoms with van der Waals surface area (Å²) in [6.45, 7) is 5.96. The largest absolute Gasteiger partial charge is 0.360 e. The third-order valence-electron chi connectivity index (χ3n) is 4.93. The van der Waals surface area contributed by atoms with Crippen LogP contribution in [0, 0.1) is 20.8 Å². The molecule has 0 amide bonds. The molecule has 0 radical (unpaired) electrons. The third kappa shape index (κ3) is 3.85. The summed E-state index contributed by atoms with van der Waals surface area (Å²) in [4.78, 5) is 13.2. The summed E-state index contributed by atoms with van der Waals surface area (Å²) in [5, 5.41) is 6.95. The first-order valence-corrected chi connectivity index (χ1v) is 10.7. The number of sulfonamides is 1.